The van der Waals surface area contributed by atoms with Crippen molar-refractivity contribution >= 4 is 55.9 Å². The zero-order valence-electron chi connectivity index (χ0n) is 17.5. The minimum absolute atomic E-state index is 0.000911. The number of nitrogens with one attached hydrogen (secondary N) is 2. The van der Waals surface area contributed by atoms with E-state index in [9.17, 15) is 9.59 Å². The molecule has 0 fully saturated rings. The normalized spacial score (nSPS) is 11.2. The van der Waals surface area contributed by atoms with Gasteiger partial charge in [0.25, 0.3) is 0 Å². The van der Waals surface area contributed by atoms with Crippen molar-refractivity contribution in [2.45, 2.75) is 19.8 Å². The molecular weight excluding hydrogens is 440 g/mol. The molecule has 2 aromatic heterocycles. The summed E-state index contributed by atoms with van der Waals surface area (Å²) < 4.78 is 1.09. The van der Waals surface area contributed by atoms with Crippen molar-refractivity contribution in [2.24, 2.45) is 0 Å². The predicted octanol–water partition coefficient (Wildman–Crippen LogP) is 5.14. The molecule has 0 aliphatic carbocycles. The number of aromatic nitrogens is 2. The maximum atomic E-state index is 12.3. The van der Waals surface area contributed by atoms with Crippen molar-refractivity contribution in [3.63, 3.8) is 0 Å². The Labute approximate surface area is 194 Å². The third kappa shape index (κ3) is 5.87. The second kappa shape index (κ2) is 10.3. The van der Waals surface area contributed by atoms with Crippen LogP contribution < -0.4 is 10.6 Å². The number of hydrogen-bond donors (Lipinski definition) is 2. The molecule has 4 rings (SSSR count). The standard InChI is InChI=1S/C24H22N4O2S2/c1-16(29)25-14-4-5-17-8-10-18(11-9-17)20-15-31-24(27-20)28-22(30)12-13-23-26-19-6-2-3-7-21(19)32-23/h2-3,6-13,15H,4-5,14H2,1H3,(H,25,29)(H,27,28,30)/b13-12+. The van der Waals surface area contributed by atoms with Gasteiger partial charge in [0, 0.05) is 30.5 Å². The molecule has 0 saturated heterocycles. The molecule has 0 bridgehead atoms. The van der Waals surface area contributed by atoms with E-state index in [1.54, 1.807) is 17.4 Å². The molecule has 2 amide bonds. The molecule has 0 unspecified atom stereocenters. The van der Waals surface area contributed by atoms with Crippen LogP contribution in [0.1, 0.15) is 23.9 Å². The lowest BCUT2D eigenvalue weighted by Gasteiger charge is -2.04. The molecule has 0 spiro atoms. The molecule has 0 atom stereocenters. The Morgan fingerprint density at radius 3 is 2.66 bits per heavy atom. The van der Waals surface area contributed by atoms with E-state index in [4.69, 9.17) is 0 Å². The Morgan fingerprint density at radius 2 is 1.88 bits per heavy atom. The van der Waals surface area contributed by atoms with Crippen LogP contribution in [-0.2, 0) is 16.0 Å². The molecule has 2 N–H and O–H groups in total. The topological polar surface area (TPSA) is 84.0 Å². The average Bonchev–Trinajstić information content (AvgIpc) is 3.42. The first-order valence-corrected chi connectivity index (χ1v) is 11.9. The van der Waals surface area contributed by atoms with Crippen molar-refractivity contribution in [3.8, 4) is 11.3 Å². The van der Waals surface area contributed by atoms with E-state index in [2.05, 4.69) is 32.7 Å². The van der Waals surface area contributed by atoms with Crippen LogP contribution in [0.4, 0.5) is 5.13 Å². The average molecular weight is 463 g/mol. The number of amides is 2. The monoisotopic (exact) mass is 462 g/mol. The lowest BCUT2D eigenvalue weighted by Crippen LogP contribution is -2.21. The summed E-state index contributed by atoms with van der Waals surface area (Å²) in [5.41, 5.74) is 3.96. The van der Waals surface area contributed by atoms with Gasteiger partial charge in [0.05, 0.1) is 15.9 Å². The number of para-hydroxylation sites is 1. The SMILES string of the molecule is CC(=O)NCCCc1ccc(-c2csc(NC(=O)/C=C/c3nc4ccccc4s3)n2)cc1. The number of fused-ring (bicyclic) bond motifs is 1. The Balaban J connectivity index is 1.32. The third-order valence-corrected chi connectivity index (χ3v) is 6.45. The number of rotatable bonds is 8. The molecular formula is C24H22N4O2S2. The molecule has 0 aliphatic heterocycles. The number of carbonyl (C=O) groups is 2. The van der Waals surface area contributed by atoms with E-state index in [1.165, 1.54) is 29.9 Å². The summed E-state index contributed by atoms with van der Waals surface area (Å²) in [4.78, 5) is 32.2. The molecule has 0 aliphatic rings. The summed E-state index contributed by atoms with van der Waals surface area (Å²) in [6, 6.07) is 16.1. The second-order valence-corrected chi connectivity index (χ2v) is 9.08. The lowest BCUT2D eigenvalue weighted by atomic mass is 10.1. The maximum absolute atomic E-state index is 12.3. The van der Waals surface area contributed by atoms with Crippen LogP contribution in [-0.4, -0.2) is 28.3 Å². The van der Waals surface area contributed by atoms with Crippen LogP contribution in [0, 0.1) is 0 Å². The highest BCUT2D eigenvalue weighted by Crippen LogP contribution is 2.26. The van der Waals surface area contributed by atoms with Gasteiger partial charge in [-0.3, -0.25) is 14.9 Å². The molecule has 8 heteroatoms. The highest BCUT2D eigenvalue weighted by Gasteiger charge is 2.07. The molecule has 4 aromatic rings. The number of carbonyl (C=O) groups excluding carboxylic acids is 2. The molecule has 32 heavy (non-hydrogen) atoms. The summed E-state index contributed by atoms with van der Waals surface area (Å²) in [5, 5.41) is 8.89. The smallest absolute Gasteiger partial charge is 0.250 e. The van der Waals surface area contributed by atoms with E-state index >= 15 is 0 Å². The van der Waals surface area contributed by atoms with Gasteiger partial charge in [-0.15, -0.1) is 22.7 Å². The highest BCUT2D eigenvalue weighted by molar-refractivity contribution is 7.19. The maximum Gasteiger partial charge on any atom is 0.250 e. The molecule has 2 heterocycles. The predicted molar refractivity (Wildman–Crippen MR) is 132 cm³/mol. The van der Waals surface area contributed by atoms with E-state index in [0.29, 0.717) is 11.7 Å². The Morgan fingerprint density at radius 1 is 1.06 bits per heavy atom. The minimum atomic E-state index is -0.236. The molecule has 2 aromatic carbocycles. The zero-order valence-corrected chi connectivity index (χ0v) is 19.1. The first-order chi connectivity index (χ1) is 15.6. The van der Waals surface area contributed by atoms with Crippen LogP contribution in [0.2, 0.25) is 0 Å². The van der Waals surface area contributed by atoms with Crippen molar-refractivity contribution < 1.29 is 9.59 Å². The van der Waals surface area contributed by atoms with Crippen LogP contribution in [0.15, 0.2) is 60.0 Å². The number of thiazole rings is 2. The lowest BCUT2D eigenvalue weighted by molar-refractivity contribution is -0.119. The summed E-state index contributed by atoms with van der Waals surface area (Å²) in [5.74, 6) is -0.237. The minimum Gasteiger partial charge on any atom is -0.356 e. The summed E-state index contributed by atoms with van der Waals surface area (Å²) in [7, 11) is 0. The summed E-state index contributed by atoms with van der Waals surface area (Å²) in [6.45, 7) is 2.21. The van der Waals surface area contributed by atoms with E-state index in [1.807, 2.05) is 41.8 Å². The molecule has 0 saturated carbocycles. The van der Waals surface area contributed by atoms with E-state index < -0.39 is 0 Å². The molecule has 6 nitrogen and oxygen atoms in total. The van der Waals surface area contributed by atoms with Gasteiger partial charge in [-0.2, -0.15) is 0 Å². The van der Waals surface area contributed by atoms with Gasteiger partial charge in [-0.1, -0.05) is 36.4 Å². The van der Waals surface area contributed by atoms with Gasteiger partial charge in [0.2, 0.25) is 11.8 Å². The van der Waals surface area contributed by atoms with Crippen molar-refractivity contribution in [2.75, 3.05) is 11.9 Å². The summed E-state index contributed by atoms with van der Waals surface area (Å²) in [6.07, 6.45) is 5.00. The number of benzene rings is 2. The number of hydrogen-bond acceptors (Lipinski definition) is 6. The number of nitrogens with zero attached hydrogens (tertiary/aromatic N) is 2. The van der Waals surface area contributed by atoms with Crippen LogP contribution in [0.5, 0.6) is 0 Å². The first kappa shape index (κ1) is 21.9. The van der Waals surface area contributed by atoms with Gasteiger partial charge in [-0.25, -0.2) is 9.97 Å². The summed E-state index contributed by atoms with van der Waals surface area (Å²) >= 11 is 2.94. The van der Waals surface area contributed by atoms with Crippen LogP contribution >= 0.6 is 22.7 Å². The quantitative estimate of drug-likeness (QED) is 0.280. The largest absolute Gasteiger partial charge is 0.356 e. The van der Waals surface area contributed by atoms with Crippen molar-refractivity contribution in [1.82, 2.24) is 15.3 Å². The fourth-order valence-electron chi connectivity index (χ4n) is 3.12. The Bertz CT molecular complexity index is 1230. The Kier molecular flexibility index (Phi) is 7.03. The van der Waals surface area contributed by atoms with E-state index in [0.717, 1.165) is 39.3 Å². The van der Waals surface area contributed by atoms with Crippen LogP contribution in [0.25, 0.3) is 27.6 Å². The zero-order chi connectivity index (χ0) is 22.3. The van der Waals surface area contributed by atoms with Gasteiger partial charge < -0.3 is 5.32 Å². The van der Waals surface area contributed by atoms with Crippen molar-refractivity contribution in [1.29, 1.82) is 0 Å². The number of aryl methyl sites for hydroxylation is 1. The first-order valence-electron chi connectivity index (χ1n) is 10.2. The second-order valence-electron chi connectivity index (χ2n) is 7.16. The molecule has 0 radical (unpaired) electrons. The van der Waals surface area contributed by atoms with Gasteiger partial charge in [0.15, 0.2) is 5.13 Å². The third-order valence-electron chi connectivity index (χ3n) is 4.69. The fourth-order valence-corrected chi connectivity index (χ4v) is 4.71. The van der Waals surface area contributed by atoms with Crippen LogP contribution in [0.3, 0.4) is 0 Å². The highest BCUT2D eigenvalue weighted by atomic mass is 32.1. The van der Waals surface area contributed by atoms with Gasteiger partial charge in [0.1, 0.15) is 5.01 Å². The van der Waals surface area contributed by atoms with Gasteiger partial charge >= 0.3 is 0 Å². The Hall–Kier alpha value is -3.36. The van der Waals surface area contributed by atoms with Crippen molar-refractivity contribution in [3.05, 3.63) is 70.6 Å². The van der Waals surface area contributed by atoms with Gasteiger partial charge in [-0.05, 0) is 36.6 Å². The molecule has 162 valence electrons. The number of anilines is 1. The van der Waals surface area contributed by atoms with E-state index in [-0.39, 0.29) is 11.8 Å². The fraction of sp³-hybridized carbons (Fsp3) is 0.167.